The minimum Gasteiger partial charge on any atom is -0.345 e. The fraction of sp³-hybridized carbons (Fsp3) is 0.333. The van der Waals surface area contributed by atoms with Crippen molar-refractivity contribution >= 4 is 11.8 Å². The van der Waals surface area contributed by atoms with Crippen LogP contribution in [0.2, 0.25) is 0 Å². The monoisotopic (exact) mass is 449 g/mol. The first-order valence-electron chi connectivity index (χ1n) is 11.5. The molecule has 0 unspecified atom stereocenters. The van der Waals surface area contributed by atoms with Crippen LogP contribution in [-0.4, -0.2) is 39.3 Å². The molecule has 0 aliphatic rings. The van der Waals surface area contributed by atoms with Crippen molar-refractivity contribution < 1.29 is 14.0 Å². The molecule has 0 spiro atoms. The van der Waals surface area contributed by atoms with Gasteiger partial charge in [0.05, 0.1) is 13.1 Å². The van der Waals surface area contributed by atoms with Gasteiger partial charge in [0.2, 0.25) is 11.8 Å². The normalized spacial score (nSPS) is 10.8. The molecule has 0 fully saturated rings. The number of carbonyl (C=O) groups excluding carboxylic acids is 2. The second kappa shape index (κ2) is 12.0. The third-order valence-electron chi connectivity index (χ3n) is 5.59. The lowest BCUT2D eigenvalue weighted by molar-refractivity contribution is -0.141. The number of aromatic nitrogens is 1. The molecule has 0 atom stereocenters. The van der Waals surface area contributed by atoms with E-state index in [-0.39, 0.29) is 24.2 Å². The van der Waals surface area contributed by atoms with E-state index >= 15 is 0 Å². The van der Waals surface area contributed by atoms with Crippen molar-refractivity contribution in [3.05, 3.63) is 95.6 Å². The number of halogens is 1. The summed E-state index contributed by atoms with van der Waals surface area (Å²) in [4.78, 5) is 29.2. The van der Waals surface area contributed by atoms with Gasteiger partial charge in [-0.1, -0.05) is 56.3 Å². The SMILES string of the molecule is CCCN(CC(=O)N(Cc1ccccc1)Cc1cccn1Cc1ccc(F)cc1)C(=O)CC. The first-order chi connectivity index (χ1) is 16.0. The van der Waals surface area contributed by atoms with Gasteiger partial charge in [0.1, 0.15) is 5.82 Å². The highest BCUT2D eigenvalue weighted by molar-refractivity contribution is 5.84. The van der Waals surface area contributed by atoms with Crippen LogP contribution in [-0.2, 0) is 29.2 Å². The predicted molar refractivity (Wildman–Crippen MR) is 128 cm³/mol. The number of hydrogen-bond acceptors (Lipinski definition) is 2. The lowest BCUT2D eigenvalue weighted by atomic mass is 10.2. The van der Waals surface area contributed by atoms with Crippen LogP contribution in [0, 0.1) is 5.82 Å². The molecule has 1 heterocycles. The topological polar surface area (TPSA) is 45.6 Å². The van der Waals surface area contributed by atoms with Gasteiger partial charge in [0, 0.05) is 37.9 Å². The largest absolute Gasteiger partial charge is 0.345 e. The van der Waals surface area contributed by atoms with Crippen LogP contribution < -0.4 is 0 Å². The Morgan fingerprint density at radius 2 is 1.55 bits per heavy atom. The molecule has 2 aromatic carbocycles. The average molecular weight is 450 g/mol. The first kappa shape index (κ1) is 24.2. The molecule has 6 heteroatoms. The molecule has 174 valence electrons. The quantitative estimate of drug-likeness (QED) is 0.420. The van der Waals surface area contributed by atoms with Gasteiger partial charge in [-0.05, 0) is 41.8 Å². The smallest absolute Gasteiger partial charge is 0.242 e. The van der Waals surface area contributed by atoms with Crippen LogP contribution >= 0.6 is 0 Å². The number of hydrogen-bond donors (Lipinski definition) is 0. The van der Waals surface area contributed by atoms with Crippen molar-refractivity contribution in [2.45, 2.75) is 46.3 Å². The second-order valence-electron chi connectivity index (χ2n) is 8.16. The summed E-state index contributed by atoms with van der Waals surface area (Å²) in [5.41, 5.74) is 3.00. The predicted octanol–water partition coefficient (Wildman–Crippen LogP) is 4.85. The van der Waals surface area contributed by atoms with Gasteiger partial charge < -0.3 is 14.4 Å². The van der Waals surface area contributed by atoms with E-state index in [1.807, 2.05) is 62.5 Å². The highest BCUT2D eigenvalue weighted by Crippen LogP contribution is 2.15. The van der Waals surface area contributed by atoms with E-state index in [1.165, 1.54) is 12.1 Å². The van der Waals surface area contributed by atoms with Crippen LogP contribution in [0.4, 0.5) is 4.39 Å². The molecule has 0 saturated carbocycles. The summed E-state index contributed by atoms with van der Waals surface area (Å²) in [6.07, 6.45) is 3.15. The molecule has 33 heavy (non-hydrogen) atoms. The van der Waals surface area contributed by atoms with Crippen LogP contribution in [0.15, 0.2) is 72.9 Å². The fourth-order valence-corrected chi connectivity index (χ4v) is 3.81. The zero-order valence-electron chi connectivity index (χ0n) is 19.4. The van der Waals surface area contributed by atoms with Crippen molar-refractivity contribution in [2.75, 3.05) is 13.1 Å². The zero-order chi connectivity index (χ0) is 23.6. The van der Waals surface area contributed by atoms with Crippen molar-refractivity contribution in [2.24, 2.45) is 0 Å². The molecule has 3 aromatic rings. The Morgan fingerprint density at radius 1 is 0.818 bits per heavy atom. The minimum absolute atomic E-state index is 0.00968. The Hall–Kier alpha value is -3.41. The highest BCUT2D eigenvalue weighted by Gasteiger charge is 2.21. The average Bonchev–Trinajstić information content (AvgIpc) is 3.26. The van der Waals surface area contributed by atoms with Gasteiger partial charge in [-0.25, -0.2) is 4.39 Å². The standard InChI is InChI=1S/C27H32FN3O2/c1-3-16-30(26(32)4-2)21-27(33)31(19-22-9-6-5-7-10-22)20-25-11-8-17-29(25)18-23-12-14-24(28)15-13-23/h5-15,17H,3-4,16,18-21H2,1-2H3. The van der Waals surface area contributed by atoms with Gasteiger partial charge >= 0.3 is 0 Å². The van der Waals surface area contributed by atoms with Crippen molar-refractivity contribution in [3.63, 3.8) is 0 Å². The van der Waals surface area contributed by atoms with Crippen LogP contribution in [0.5, 0.6) is 0 Å². The number of carbonyl (C=O) groups is 2. The zero-order valence-corrected chi connectivity index (χ0v) is 19.4. The fourth-order valence-electron chi connectivity index (χ4n) is 3.81. The second-order valence-corrected chi connectivity index (χ2v) is 8.16. The third kappa shape index (κ3) is 7.04. The van der Waals surface area contributed by atoms with Crippen LogP contribution in [0.3, 0.4) is 0 Å². The van der Waals surface area contributed by atoms with E-state index in [2.05, 4.69) is 4.57 Å². The summed E-state index contributed by atoms with van der Waals surface area (Å²) in [6, 6.07) is 20.3. The Morgan fingerprint density at radius 3 is 2.21 bits per heavy atom. The first-order valence-corrected chi connectivity index (χ1v) is 11.5. The maximum absolute atomic E-state index is 13.4. The Kier molecular flexibility index (Phi) is 8.81. The summed E-state index contributed by atoms with van der Waals surface area (Å²) in [7, 11) is 0. The molecular weight excluding hydrogens is 417 g/mol. The molecule has 3 rings (SSSR count). The minimum atomic E-state index is -0.260. The van der Waals surface area contributed by atoms with Gasteiger partial charge in [0.25, 0.3) is 0 Å². The van der Waals surface area contributed by atoms with Crippen LogP contribution in [0.25, 0.3) is 0 Å². The molecule has 2 amide bonds. The summed E-state index contributed by atoms with van der Waals surface area (Å²) in [6.45, 7) is 5.94. The Balaban J connectivity index is 1.80. The molecular formula is C27H32FN3O2. The van der Waals surface area contributed by atoms with Gasteiger partial charge in [-0.3, -0.25) is 9.59 Å². The molecule has 5 nitrogen and oxygen atoms in total. The molecule has 0 aliphatic heterocycles. The maximum Gasteiger partial charge on any atom is 0.242 e. The lowest BCUT2D eigenvalue weighted by Crippen LogP contribution is -2.42. The summed E-state index contributed by atoms with van der Waals surface area (Å²) in [5.74, 6) is -0.349. The van der Waals surface area contributed by atoms with E-state index in [4.69, 9.17) is 0 Å². The number of benzene rings is 2. The molecule has 0 radical (unpaired) electrons. The van der Waals surface area contributed by atoms with Crippen molar-refractivity contribution in [1.29, 1.82) is 0 Å². The third-order valence-corrected chi connectivity index (χ3v) is 5.59. The number of rotatable bonds is 11. The lowest BCUT2D eigenvalue weighted by Gasteiger charge is -2.28. The van der Waals surface area contributed by atoms with E-state index in [1.54, 1.807) is 21.9 Å². The van der Waals surface area contributed by atoms with E-state index in [9.17, 15) is 14.0 Å². The molecule has 0 N–H and O–H groups in total. The summed E-state index contributed by atoms with van der Waals surface area (Å²) >= 11 is 0. The van der Waals surface area contributed by atoms with Gasteiger partial charge in [0.15, 0.2) is 0 Å². The van der Waals surface area contributed by atoms with Crippen molar-refractivity contribution in [1.82, 2.24) is 14.4 Å². The van der Waals surface area contributed by atoms with Crippen molar-refractivity contribution in [3.8, 4) is 0 Å². The summed E-state index contributed by atoms with van der Waals surface area (Å²) < 4.78 is 15.3. The summed E-state index contributed by atoms with van der Waals surface area (Å²) in [5, 5.41) is 0. The Labute approximate surface area is 195 Å². The van der Waals surface area contributed by atoms with E-state index in [0.29, 0.717) is 32.6 Å². The van der Waals surface area contributed by atoms with Crippen LogP contribution in [0.1, 0.15) is 43.5 Å². The maximum atomic E-state index is 13.4. The number of nitrogens with zero attached hydrogens (tertiary/aromatic N) is 3. The Bertz CT molecular complexity index is 1030. The number of amides is 2. The van der Waals surface area contributed by atoms with E-state index < -0.39 is 0 Å². The van der Waals surface area contributed by atoms with E-state index in [0.717, 1.165) is 23.2 Å². The van der Waals surface area contributed by atoms with Gasteiger partial charge in [-0.2, -0.15) is 0 Å². The molecule has 0 saturated heterocycles. The molecule has 1 aromatic heterocycles. The van der Waals surface area contributed by atoms with Gasteiger partial charge in [-0.15, -0.1) is 0 Å². The highest BCUT2D eigenvalue weighted by atomic mass is 19.1. The molecule has 0 bridgehead atoms. The molecule has 0 aliphatic carbocycles.